The Kier molecular flexibility index (Phi) is 3.39. The van der Waals surface area contributed by atoms with Gasteiger partial charge in [-0.2, -0.15) is 0 Å². The van der Waals surface area contributed by atoms with E-state index in [4.69, 9.17) is 0 Å². The smallest absolute Gasteiger partial charge is 0.0769 e. The van der Waals surface area contributed by atoms with Gasteiger partial charge < -0.3 is 0 Å². The predicted molar refractivity (Wildman–Crippen MR) is 89.0 cm³/mol. The van der Waals surface area contributed by atoms with Gasteiger partial charge >= 0.3 is 0 Å². The highest BCUT2D eigenvalue weighted by Gasteiger charge is 2.55. The Labute approximate surface area is 122 Å². The highest BCUT2D eigenvalue weighted by molar-refractivity contribution is 6.40. The van der Waals surface area contributed by atoms with E-state index < -0.39 is 0 Å². The van der Waals surface area contributed by atoms with E-state index in [2.05, 4.69) is 36.5 Å². The van der Waals surface area contributed by atoms with Crippen LogP contribution < -0.4 is 0 Å². The topological polar surface area (TPSA) is 0 Å². The van der Waals surface area contributed by atoms with Crippen molar-refractivity contribution in [1.82, 2.24) is 0 Å². The summed E-state index contributed by atoms with van der Waals surface area (Å²) < 4.78 is 0. The van der Waals surface area contributed by atoms with Crippen molar-refractivity contribution in [1.29, 1.82) is 0 Å². The molecule has 0 amide bonds. The molecule has 0 saturated heterocycles. The second kappa shape index (κ2) is 4.57. The minimum atomic E-state index is 0.504. The summed E-state index contributed by atoms with van der Waals surface area (Å²) in [5.74, 6) is 5.50. The number of hydrogen-bond donors (Lipinski definition) is 0. The van der Waals surface area contributed by atoms with Gasteiger partial charge in [-0.3, -0.25) is 0 Å². The highest BCUT2D eigenvalue weighted by atomic mass is 14.6. The van der Waals surface area contributed by atoms with E-state index in [0.29, 0.717) is 10.6 Å². The molecule has 0 aromatic carbocycles. The molecule has 0 aromatic rings. The Morgan fingerprint density at radius 3 is 1.95 bits per heavy atom. The molecule has 0 aromatic heterocycles. The van der Waals surface area contributed by atoms with Crippen molar-refractivity contribution >= 4 is 15.7 Å². The molecule has 3 saturated carbocycles. The van der Waals surface area contributed by atoms with E-state index in [-0.39, 0.29) is 0 Å². The molecular weight excluding hydrogens is 226 g/mol. The van der Waals surface area contributed by atoms with Crippen LogP contribution in [0.15, 0.2) is 0 Å². The van der Waals surface area contributed by atoms with Gasteiger partial charge in [0.2, 0.25) is 0 Å². The lowest BCUT2D eigenvalue weighted by atomic mass is 9.37. The Morgan fingerprint density at radius 1 is 0.947 bits per heavy atom. The van der Waals surface area contributed by atoms with Crippen LogP contribution in [0, 0.1) is 35.0 Å². The zero-order chi connectivity index (χ0) is 13.8. The van der Waals surface area contributed by atoms with Gasteiger partial charge in [-0.15, -0.1) is 0 Å². The molecule has 0 N–H and O–H groups in total. The minimum Gasteiger partial charge on any atom is -0.0769 e. The summed E-state index contributed by atoms with van der Waals surface area (Å²) in [7, 11) is 5.16. The second-order valence-electron chi connectivity index (χ2n) is 9.18. The number of hydrogen-bond acceptors (Lipinski definition) is 0. The summed E-state index contributed by atoms with van der Waals surface area (Å²) >= 11 is 0. The standard InChI is InChI=1S/C17H32B2/c1-4-7-16(2,3)17(18,19)13-9-14-11-5-6-12(8-11)15(14)10-13/h11-15H,4-10,18-19H2,1-3H3. The lowest BCUT2D eigenvalue weighted by Gasteiger charge is -2.47. The predicted octanol–water partition coefficient (Wildman–Crippen LogP) is 3.27. The Morgan fingerprint density at radius 2 is 1.47 bits per heavy atom. The van der Waals surface area contributed by atoms with Crippen molar-refractivity contribution in [2.45, 2.75) is 70.9 Å². The maximum Gasteiger partial charge on any atom is 0.100 e. The molecule has 0 aliphatic heterocycles. The summed E-state index contributed by atoms with van der Waals surface area (Å²) in [6, 6.07) is 0. The third-order valence-electron chi connectivity index (χ3n) is 8.03. The van der Waals surface area contributed by atoms with E-state index in [0.717, 1.165) is 29.6 Å². The minimum absolute atomic E-state index is 0.504. The van der Waals surface area contributed by atoms with Crippen LogP contribution in [-0.2, 0) is 0 Å². The van der Waals surface area contributed by atoms with Crippen LogP contribution in [0.25, 0.3) is 0 Å². The first-order valence-corrected chi connectivity index (χ1v) is 8.87. The summed E-state index contributed by atoms with van der Waals surface area (Å²) in [4.78, 5) is 0. The van der Waals surface area contributed by atoms with Gasteiger partial charge in [0.05, 0.1) is 0 Å². The molecule has 3 rings (SSSR count). The van der Waals surface area contributed by atoms with E-state index in [1.807, 2.05) is 0 Å². The molecule has 106 valence electrons. The summed E-state index contributed by atoms with van der Waals surface area (Å²) in [5.41, 5.74) is 0.504. The summed E-state index contributed by atoms with van der Waals surface area (Å²) in [5, 5.41) is 0.521. The van der Waals surface area contributed by atoms with Gasteiger partial charge in [0, 0.05) is 0 Å². The van der Waals surface area contributed by atoms with Crippen molar-refractivity contribution in [3.8, 4) is 0 Å². The van der Waals surface area contributed by atoms with Crippen molar-refractivity contribution in [3.63, 3.8) is 0 Å². The van der Waals surface area contributed by atoms with Crippen LogP contribution in [0.5, 0.6) is 0 Å². The first-order chi connectivity index (χ1) is 8.87. The van der Waals surface area contributed by atoms with Gasteiger partial charge in [-0.25, -0.2) is 0 Å². The van der Waals surface area contributed by atoms with Crippen LogP contribution in [0.1, 0.15) is 65.7 Å². The van der Waals surface area contributed by atoms with Crippen LogP contribution >= 0.6 is 0 Å². The molecule has 0 nitrogen and oxygen atoms in total. The molecule has 3 aliphatic carbocycles. The molecule has 19 heavy (non-hydrogen) atoms. The number of rotatable bonds is 4. The summed E-state index contributed by atoms with van der Waals surface area (Å²) in [6.45, 7) is 7.40. The van der Waals surface area contributed by atoms with Crippen LogP contribution in [0.4, 0.5) is 0 Å². The molecule has 3 fully saturated rings. The number of fused-ring (bicyclic) bond motifs is 5. The van der Waals surface area contributed by atoms with Crippen LogP contribution in [0.2, 0.25) is 5.21 Å². The molecule has 4 unspecified atom stereocenters. The largest absolute Gasteiger partial charge is 0.100 e. The fraction of sp³-hybridized carbons (Fsp3) is 1.00. The summed E-state index contributed by atoms with van der Waals surface area (Å²) in [6.07, 6.45) is 10.6. The van der Waals surface area contributed by atoms with E-state index in [1.165, 1.54) is 12.8 Å². The Balaban J connectivity index is 1.74. The first-order valence-electron chi connectivity index (χ1n) is 8.87. The molecule has 0 spiro atoms. The average molecular weight is 258 g/mol. The monoisotopic (exact) mass is 258 g/mol. The SMILES string of the molecule is BC(B)(C1CC2C3CCC(C3)C2C1)C(C)(C)CCC. The quantitative estimate of drug-likeness (QED) is 0.679. The van der Waals surface area contributed by atoms with Crippen LogP contribution in [0.3, 0.4) is 0 Å². The fourth-order valence-electron chi connectivity index (χ4n) is 6.11. The normalized spacial score (nSPS) is 41.7. The molecule has 2 bridgehead atoms. The van der Waals surface area contributed by atoms with Crippen molar-refractivity contribution < 1.29 is 0 Å². The van der Waals surface area contributed by atoms with Crippen molar-refractivity contribution in [2.24, 2.45) is 35.0 Å². The third kappa shape index (κ3) is 2.04. The van der Waals surface area contributed by atoms with Gasteiger partial charge in [0.15, 0.2) is 0 Å². The second-order valence-corrected chi connectivity index (χ2v) is 9.18. The van der Waals surface area contributed by atoms with Gasteiger partial charge in [-0.05, 0) is 73.5 Å². The van der Waals surface area contributed by atoms with Crippen molar-refractivity contribution in [2.75, 3.05) is 0 Å². The van der Waals surface area contributed by atoms with Crippen molar-refractivity contribution in [3.05, 3.63) is 0 Å². The van der Waals surface area contributed by atoms with Gasteiger partial charge in [-0.1, -0.05) is 32.4 Å². The zero-order valence-electron chi connectivity index (χ0n) is 13.8. The van der Waals surface area contributed by atoms with E-state index >= 15 is 0 Å². The Bertz CT molecular complexity index is 329. The molecule has 2 heteroatoms. The van der Waals surface area contributed by atoms with Gasteiger partial charge in [0.25, 0.3) is 0 Å². The molecule has 4 atom stereocenters. The van der Waals surface area contributed by atoms with Crippen LogP contribution in [-0.4, -0.2) is 15.7 Å². The maximum absolute atomic E-state index is 2.58. The Hall–Kier alpha value is 0.130. The fourth-order valence-corrected chi connectivity index (χ4v) is 6.11. The zero-order valence-corrected chi connectivity index (χ0v) is 13.8. The highest BCUT2D eigenvalue weighted by Crippen LogP contribution is 2.65. The maximum atomic E-state index is 2.58. The lowest BCUT2D eigenvalue weighted by molar-refractivity contribution is 0.205. The van der Waals surface area contributed by atoms with E-state index in [1.54, 1.807) is 32.1 Å². The lowest BCUT2D eigenvalue weighted by Crippen LogP contribution is -2.38. The molecular formula is C17H32B2. The van der Waals surface area contributed by atoms with E-state index in [9.17, 15) is 0 Å². The van der Waals surface area contributed by atoms with Gasteiger partial charge in [0.1, 0.15) is 15.7 Å². The molecule has 0 radical (unpaired) electrons. The average Bonchev–Trinajstić information content (AvgIpc) is 3.01. The molecule has 0 heterocycles. The molecule has 3 aliphatic rings. The third-order valence-corrected chi connectivity index (χ3v) is 8.03. The first kappa shape index (κ1) is 14.1.